The number of carbonyl (C=O) groups is 1. The summed E-state index contributed by atoms with van der Waals surface area (Å²) in [5.41, 5.74) is 2.61. The van der Waals surface area contributed by atoms with E-state index in [-0.39, 0.29) is 36.4 Å². The van der Waals surface area contributed by atoms with Crippen LogP contribution in [0.3, 0.4) is 0 Å². The number of rotatable bonds is 0. The first-order valence-corrected chi connectivity index (χ1v) is 7.37. The van der Waals surface area contributed by atoms with Gasteiger partial charge in [-0.25, -0.2) is 0 Å². The van der Waals surface area contributed by atoms with Gasteiger partial charge in [0.15, 0.2) is 0 Å². The zero-order valence-corrected chi connectivity index (χ0v) is 14.6. The molecular weight excluding hydrogens is 271 g/mol. The molecule has 0 heterocycles. The largest absolute Gasteiger partial charge is 1.00 e. The van der Waals surface area contributed by atoms with E-state index in [1.54, 1.807) is 6.07 Å². The number of hydrogen-bond donors (Lipinski definition) is 1. The van der Waals surface area contributed by atoms with Gasteiger partial charge in [0.1, 0.15) is 11.5 Å². The van der Waals surface area contributed by atoms with Crippen molar-refractivity contribution in [3.05, 3.63) is 41.5 Å². The zero-order chi connectivity index (χ0) is 13.9. The van der Waals surface area contributed by atoms with Crippen LogP contribution in [-0.4, -0.2) is 10.9 Å². The number of carbonyl (C=O) groups excluding carboxylic acids is 1. The quantitative estimate of drug-likeness (QED) is 0.737. The molecule has 0 aromatic heterocycles. The molecule has 2 nitrogen and oxygen atoms in total. The average molecular weight is 290 g/mol. The Labute approximate surface area is 148 Å². The molecule has 1 saturated carbocycles. The second kappa shape index (κ2) is 5.12. The van der Waals surface area contributed by atoms with Crippen molar-refractivity contribution in [2.75, 3.05) is 0 Å². The average Bonchev–Trinajstić information content (AvgIpc) is 2.74. The Balaban J connectivity index is 0.000000882. The molecule has 0 radical (unpaired) electrons. The van der Waals surface area contributed by atoms with Gasteiger partial charge >= 0.3 is 29.6 Å². The van der Waals surface area contributed by atoms with Crippen molar-refractivity contribution >= 4 is 16.6 Å². The van der Waals surface area contributed by atoms with E-state index in [0.717, 1.165) is 31.1 Å². The van der Waals surface area contributed by atoms with E-state index >= 15 is 0 Å². The summed E-state index contributed by atoms with van der Waals surface area (Å²) in [7, 11) is 0. The number of fused-ring (bicyclic) bond motifs is 5. The molecule has 0 aliphatic heterocycles. The van der Waals surface area contributed by atoms with Crippen molar-refractivity contribution in [2.24, 2.45) is 5.41 Å². The van der Waals surface area contributed by atoms with Crippen LogP contribution in [0.5, 0.6) is 5.75 Å². The molecule has 2 atom stereocenters. The molecule has 1 N–H and O–H groups in total. The maximum atomic E-state index is 12.2. The van der Waals surface area contributed by atoms with Crippen molar-refractivity contribution in [2.45, 2.75) is 38.5 Å². The molecule has 2 aliphatic carbocycles. The summed E-state index contributed by atoms with van der Waals surface area (Å²) in [6.07, 6.45) is 3.65. The normalized spacial score (nSPS) is 27.1. The third-order valence-electron chi connectivity index (χ3n) is 5.49. The van der Waals surface area contributed by atoms with Crippen molar-refractivity contribution in [3.63, 3.8) is 0 Å². The zero-order valence-electron chi connectivity index (χ0n) is 13.6. The summed E-state index contributed by atoms with van der Waals surface area (Å²) in [6.45, 7) is 2.15. The predicted octanol–water partition coefficient (Wildman–Crippen LogP) is 1.06. The number of aromatic hydroxyl groups is 1. The maximum Gasteiger partial charge on any atom is 1.00 e. The van der Waals surface area contributed by atoms with E-state index in [2.05, 4.69) is 19.1 Å². The first kappa shape index (κ1) is 15.1. The van der Waals surface area contributed by atoms with Crippen LogP contribution in [-0.2, 0) is 11.2 Å². The fourth-order valence-electron chi connectivity index (χ4n) is 4.27. The van der Waals surface area contributed by atoms with Crippen LogP contribution in [0, 0.1) is 5.41 Å². The molecule has 0 bridgehead atoms. The third-order valence-corrected chi connectivity index (χ3v) is 5.49. The number of benzene rings is 2. The summed E-state index contributed by atoms with van der Waals surface area (Å²) in [5, 5.41) is 11.9. The van der Waals surface area contributed by atoms with Crippen LogP contribution in [0.15, 0.2) is 30.3 Å². The summed E-state index contributed by atoms with van der Waals surface area (Å²) < 4.78 is 0. The molecule has 3 heteroatoms. The van der Waals surface area contributed by atoms with E-state index in [9.17, 15) is 9.90 Å². The third kappa shape index (κ3) is 2.08. The fraction of sp³-hybridized carbons (Fsp3) is 0.389. The molecule has 0 amide bonds. The Morgan fingerprint density at radius 2 is 2.05 bits per heavy atom. The minimum Gasteiger partial charge on any atom is -1.00 e. The van der Waals surface area contributed by atoms with Gasteiger partial charge in [0.05, 0.1) is 0 Å². The number of Topliss-reactive ketones (excluding diaryl/α,β-unsaturated/α-hetero) is 1. The first-order valence-electron chi connectivity index (χ1n) is 7.37. The molecule has 1 fully saturated rings. The van der Waals surface area contributed by atoms with E-state index in [1.165, 1.54) is 16.5 Å². The van der Waals surface area contributed by atoms with Gasteiger partial charge in [-0.2, -0.15) is 0 Å². The molecule has 21 heavy (non-hydrogen) atoms. The van der Waals surface area contributed by atoms with Gasteiger partial charge in [0, 0.05) is 11.8 Å². The van der Waals surface area contributed by atoms with Crippen molar-refractivity contribution in [1.29, 1.82) is 0 Å². The van der Waals surface area contributed by atoms with Gasteiger partial charge in [-0.3, -0.25) is 4.79 Å². The van der Waals surface area contributed by atoms with Crippen LogP contribution in [0.1, 0.15) is 44.7 Å². The minimum absolute atomic E-state index is 0. The Kier molecular flexibility index (Phi) is 3.67. The van der Waals surface area contributed by atoms with Crippen LogP contribution in [0.2, 0.25) is 0 Å². The minimum atomic E-state index is -0.141. The molecule has 0 unspecified atom stereocenters. The number of ketones is 1. The Hall–Kier alpha value is -0.830. The molecule has 104 valence electrons. The topological polar surface area (TPSA) is 37.3 Å². The van der Waals surface area contributed by atoms with Gasteiger partial charge in [-0.05, 0) is 59.2 Å². The molecule has 4 rings (SSSR count). The van der Waals surface area contributed by atoms with E-state index < -0.39 is 0 Å². The van der Waals surface area contributed by atoms with Crippen molar-refractivity contribution in [1.82, 2.24) is 0 Å². The Morgan fingerprint density at radius 3 is 2.86 bits per heavy atom. The molecule has 2 aliphatic rings. The van der Waals surface area contributed by atoms with Gasteiger partial charge in [0.25, 0.3) is 0 Å². The standard InChI is InChI=1S/C18H18O2.Na.H/c1-18-9-8-14-13-5-3-12(19)10-11(13)2-4-15(14)16(18)6-7-17(18)20;;/h2-5,10,16,19H,6-9H2,1H3;;/q;+1;-1/t16-,18-;;/m0../s1. The second-order valence-corrected chi connectivity index (χ2v) is 6.47. The fourth-order valence-corrected chi connectivity index (χ4v) is 4.27. The summed E-state index contributed by atoms with van der Waals surface area (Å²) in [4.78, 5) is 12.2. The predicted molar refractivity (Wildman–Crippen MR) is 80.1 cm³/mol. The van der Waals surface area contributed by atoms with Gasteiger partial charge in [0.2, 0.25) is 0 Å². The SMILES string of the molecule is C[C@]12CCc3c(ccc4cc(O)ccc34)[C@@H]1CCC2=O.[H-].[Na+]. The van der Waals surface area contributed by atoms with Gasteiger partial charge in [-0.1, -0.05) is 25.1 Å². The molecule has 0 saturated heterocycles. The van der Waals surface area contributed by atoms with E-state index in [0.29, 0.717) is 17.5 Å². The maximum absolute atomic E-state index is 12.2. The second-order valence-electron chi connectivity index (χ2n) is 6.47. The van der Waals surface area contributed by atoms with Gasteiger partial charge in [-0.15, -0.1) is 0 Å². The molecular formula is C18H19NaO2. The van der Waals surface area contributed by atoms with Crippen LogP contribution in [0.25, 0.3) is 10.8 Å². The van der Waals surface area contributed by atoms with E-state index in [1.807, 2.05) is 12.1 Å². The monoisotopic (exact) mass is 290 g/mol. The summed E-state index contributed by atoms with van der Waals surface area (Å²) in [5.74, 6) is 1.14. The van der Waals surface area contributed by atoms with Gasteiger partial charge < -0.3 is 6.53 Å². The number of hydrogen-bond acceptors (Lipinski definition) is 2. The van der Waals surface area contributed by atoms with E-state index in [4.69, 9.17) is 0 Å². The number of aryl methyl sites for hydroxylation is 1. The molecule has 0 spiro atoms. The first-order chi connectivity index (χ1) is 9.59. The van der Waals surface area contributed by atoms with Crippen LogP contribution >= 0.6 is 0 Å². The summed E-state index contributed by atoms with van der Waals surface area (Å²) in [6, 6.07) is 9.86. The van der Waals surface area contributed by atoms with Crippen molar-refractivity contribution < 1.29 is 40.9 Å². The Bertz CT molecular complexity index is 743. The van der Waals surface area contributed by atoms with Crippen LogP contribution < -0.4 is 29.6 Å². The number of phenolic OH excluding ortho intramolecular Hbond substituents is 1. The van der Waals surface area contributed by atoms with Crippen molar-refractivity contribution in [3.8, 4) is 5.75 Å². The molecule has 2 aromatic carbocycles. The smallest absolute Gasteiger partial charge is 1.00 e. The Morgan fingerprint density at radius 1 is 1.24 bits per heavy atom. The number of phenols is 1. The molecule has 2 aromatic rings. The van der Waals surface area contributed by atoms with Crippen LogP contribution in [0.4, 0.5) is 0 Å². The summed E-state index contributed by atoms with van der Waals surface area (Å²) >= 11 is 0.